The lowest BCUT2D eigenvalue weighted by Gasteiger charge is -2.08. The van der Waals surface area contributed by atoms with Gasteiger partial charge in [-0.25, -0.2) is 9.97 Å². The van der Waals surface area contributed by atoms with E-state index < -0.39 is 0 Å². The van der Waals surface area contributed by atoms with E-state index in [2.05, 4.69) is 23.0 Å². The molecule has 2 aromatic rings. The number of fused-ring (bicyclic) bond motifs is 1. The van der Waals surface area contributed by atoms with Gasteiger partial charge in [0.25, 0.3) is 0 Å². The fraction of sp³-hybridized carbons (Fsp3) is 0.417. The van der Waals surface area contributed by atoms with E-state index in [1.807, 2.05) is 6.92 Å². The molecule has 0 aliphatic heterocycles. The molecule has 3 nitrogen and oxygen atoms in total. The number of thiocarbonyl (C=S) groups is 1. The van der Waals surface area contributed by atoms with Crippen molar-refractivity contribution in [3.8, 4) is 0 Å². The highest BCUT2D eigenvalue weighted by atomic mass is 32.2. The fourth-order valence-corrected chi connectivity index (χ4v) is 3.67. The van der Waals surface area contributed by atoms with Crippen molar-refractivity contribution in [2.45, 2.75) is 25.3 Å². The lowest BCUT2D eigenvalue weighted by atomic mass is 10.2. The zero-order valence-electron chi connectivity index (χ0n) is 10.3. The van der Waals surface area contributed by atoms with E-state index in [1.54, 1.807) is 29.4 Å². The predicted octanol–water partition coefficient (Wildman–Crippen LogP) is 3.27. The standard InChI is InChI=1S/C12H15N3S3/c1-3-8-4-9-11(14-6-15-12(9)18-8)17-5-7(2)10(13)16/h4,6-7H,3,5H2,1-2H3,(H2,13,16). The van der Waals surface area contributed by atoms with Gasteiger partial charge in [-0.1, -0.05) is 26.1 Å². The van der Waals surface area contributed by atoms with Crippen LogP contribution in [0.2, 0.25) is 0 Å². The molecule has 2 aromatic heterocycles. The molecule has 2 N–H and O–H groups in total. The predicted molar refractivity (Wildman–Crippen MR) is 83.5 cm³/mol. The summed E-state index contributed by atoms with van der Waals surface area (Å²) in [6, 6.07) is 2.19. The Hall–Kier alpha value is -0.720. The van der Waals surface area contributed by atoms with Crippen LogP contribution in [0.4, 0.5) is 0 Å². The largest absolute Gasteiger partial charge is 0.393 e. The van der Waals surface area contributed by atoms with Crippen molar-refractivity contribution in [3.63, 3.8) is 0 Å². The molecule has 0 aromatic carbocycles. The summed E-state index contributed by atoms with van der Waals surface area (Å²) in [6.07, 6.45) is 2.67. The van der Waals surface area contributed by atoms with Gasteiger partial charge < -0.3 is 5.73 Å². The number of nitrogens with two attached hydrogens (primary N) is 1. The third-order valence-corrected chi connectivity index (χ3v) is 5.50. The van der Waals surface area contributed by atoms with Crippen LogP contribution in [0.15, 0.2) is 17.4 Å². The first-order chi connectivity index (χ1) is 8.61. The summed E-state index contributed by atoms with van der Waals surface area (Å²) in [4.78, 5) is 11.6. The summed E-state index contributed by atoms with van der Waals surface area (Å²) < 4.78 is 0. The first kappa shape index (κ1) is 13.7. The van der Waals surface area contributed by atoms with Crippen molar-refractivity contribution < 1.29 is 0 Å². The van der Waals surface area contributed by atoms with Crippen LogP contribution in [0.5, 0.6) is 0 Å². The summed E-state index contributed by atoms with van der Waals surface area (Å²) in [5.74, 6) is 1.08. The summed E-state index contributed by atoms with van der Waals surface area (Å²) in [7, 11) is 0. The van der Waals surface area contributed by atoms with Crippen LogP contribution >= 0.6 is 35.3 Å². The minimum atomic E-state index is 0.222. The molecule has 1 atom stereocenters. The Morgan fingerprint density at radius 3 is 3.00 bits per heavy atom. The lowest BCUT2D eigenvalue weighted by Crippen LogP contribution is -2.20. The van der Waals surface area contributed by atoms with E-state index in [9.17, 15) is 0 Å². The Kier molecular flexibility index (Phi) is 4.53. The number of aromatic nitrogens is 2. The molecule has 0 radical (unpaired) electrons. The quantitative estimate of drug-likeness (QED) is 0.521. The number of nitrogens with zero attached hydrogens (tertiary/aromatic N) is 2. The van der Waals surface area contributed by atoms with Gasteiger partial charge in [0.15, 0.2) is 0 Å². The maximum atomic E-state index is 5.63. The van der Waals surface area contributed by atoms with E-state index in [0.717, 1.165) is 27.4 Å². The third-order valence-electron chi connectivity index (χ3n) is 2.65. The number of rotatable bonds is 5. The van der Waals surface area contributed by atoms with Gasteiger partial charge >= 0.3 is 0 Å². The maximum Gasteiger partial charge on any atom is 0.128 e. The molecule has 0 saturated carbocycles. The van der Waals surface area contributed by atoms with Gasteiger partial charge in [-0.3, -0.25) is 0 Å². The topological polar surface area (TPSA) is 51.8 Å². The SMILES string of the molecule is CCc1cc2c(SCC(C)C(N)=S)ncnc2s1. The maximum absolute atomic E-state index is 5.63. The highest BCUT2D eigenvalue weighted by Gasteiger charge is 2.11. The van der Waals surface area contributed by atoms with Crippen LogP contribution in [-0.2, 0) is 6.42 Å². The second-order valence-corrected chi connectivity index (χ2v) is 6.67. The molecule has 2 heterocycles. The number of hydrogen-bond acceptors (Lipinski definition) is 5. The summed E-state index contributed by atoms with van der Waals surface area (Å²) in [5.41, 5.74) is 5.63. The van der Waals surface area contributed by atoms with E-state index >= 15 is 0 Å². The van der Waals surface area contributed by atoms with E-state index in [4.69, 9.17) is 18.0 Å². The first-order valence-electron chi connectivity index (χ1n) is 5.77. The van der Waals surface area contributed by atoms with E-state index in [1.165, 1.54) is 4.88 Å². The van der Waals surface area contributed by atoms with Gasteiger partial charge in [0.05, 0.1) is 4.99 Å². The molecule has 1 unspecified atom stereocenters. The molecule has 18 heavy (non-hydrogen) atoms. The van der Waals surface area contributed by atoms with Crippen molar-refractivity contribution in [3.05, 3.63) is 17.3 Å². The molecule has 0 bridgehead atoms. The van der Waals surface area contributed by atoms with Crippen molar-refractivity contribution in [1.82, 2.24) is 9.97 Å². The Morgan fingerprint density at radius 2 is 2.33 bits per heavy atom. The molecule has 6 heteroatoms. The smallest absolute Gasteiger partial charge is 0.128 e. The number of aryl methyl sites for hydroxylation is 1. The highest BCUT2D eigenvalue weighted by molar-refractivity contribution is 7.99. The molecular formula is C12H15N3S3. The fourth-order valence-electron chi connectivity index (χ4n) is 1.46. The van der Waals surface area contributed by atoms with Gasteiger partial charge in [0.2, 0.25) is 0 Å². The van der Waals surface area contributed by atoms with Crippen LogP contribution in [-0.4, -0.2) is 20.7 Å². The Labute approximate surface area is 120 Å². The molecule has 0 aliphatic carbocycles. The summed E-state index contributed by atoms with van der Waals surface area (Å²) >= 11 is 8.42. The lowest BCUT2D eigenvalue weighted by molar-refractivity contribution is 0.904. The Balaban J connectivity index is 2.22. The average molecular weight is 297 g/mol. The molecule has 0 aliphatic rings. The molecule has 0 saturated heterocycles. The van der Waals surface area contributed by atoms with Crippen molar-refractivity contribution in [2.24, 2.45) is 11.7 Å². The normalized spacial score (nSPS) is 12.8. The molecule has 0 fully saturated rings. The second-order valence-electron chi connectivity index (χ2n) is 4.08. The average Bonchev–Trinajstić information content (AvgIpc) is 2.79. The van der Waals surface area contributed by atoms with Gasteiger partial charge in [-0.05, 0) is 12.5 Å². The molecule has 0 spiro atoms. The van der Waals surface area contributed by atoms with Crippen LogP contribution < -0.4 is 5.73 Å². The molecule has 2 rings (SSSR count). The van der Waals surface area contributed by atoms with Crippen molar-refractivity contribution in [1.29, 1.82) is 0 Å². The first-order valence-corrected chi connectivity index (χ1v) is 7.98. The van der Waals surface area contributed by atoms with E-state index in [-0.39, 0.29) is 5.92 Å². The number of thioether (sulfide) groups is 1. The number of thiophene rings is 1. The zero-order chi connectivity index (χ0) is 13.1. The molecule has 0 amide bonds. The Morgan fingerprint density at radius 1 is 1.56 bits per heavy atom. The number of hydrogen-bond donors (Lipinski definition) is 1. The van der Waals surface area contributed by atoms with Gasteiger partial charge in [-0.15, -0.1) is 23.1 Å². The van der Waals surface area contributed by atoms with Gasteiger partial charge in [0, 0.05) is 21.9 Å². The minimum Gasteiger partial charge on any atom is -0.393 e. The van der Waals surface area contributed by atoms with E-state index in [0.29, 0.717) is 4.99 Å². The summed E-state index contributed by atoms with van der Waals surface area (Å²) in [5, 5.41) is 2.18. The second kappa shape index (κ2) is 5.95. The third kappa shape index (κ3) is 2.99. The van der Waals surface area contributed by atoms with Crippen LogP contribution in [0.1, 0.15) is 18.7 Å². The van der Waals surface area contributed by atoms with Crippen LogP contribution in [0.3, 0.4) is 0 Å². The van der Waals surface area contributed by atoms with Crippen molar-refractivity contribution >= 4 is 50.5 Å². The highest BCUT2D eigenvalue weighted by Crippen LogP contribution is 2.31. The minimum absolute atomic E-state index is 0.222. The van der Waals surface area contributed by atoms with Gasteiger partial charge in [0.1, 0.15) is 16.2 Å². The van der Waals surface area contributed by atoms with Gasteiger partial charge in [-0.2, -0.15) is 0 Å². The molecule has 96 valence electrons. The zero-order valence-corrected chi connectivity index (χ0v) is 12.8. The molecular weight excluding hydrogens is 282 g/mol. The van der Waals surface area contributed by atoms with Crippen LogP contribution in [0, 0.1) is 5.92 Å². The Bertz CT molecular complexity index is 565. The monoisotopic (exact) mass is 297 g/mol. The van der Waals surface area contributed by atoms with Crippen LogP contribution in [0.25, 0.3) is 10.2 Å². The van der Waals surface area contributed by atoms with Crippen molar-refractivity contribution in [2.75, 3.05) is 5.75 Å². The summed E-state index contributed by atoms with van der Waals surface area (Å²) in [6.45, 7) is 4.19.